The lowest BCUT2D eigenvalue weighted by Gasteiger charge is -2.23. The van der Waals surface area contributed by atoms with E-state index < -0.39 is 0 Å². The van der Waals surface area contributed by atoms with Gasteiger partial charge >= 0.3 is 0 Å². The van der Waals surface area contributed by atoms with Gasteiger partial charge in [0, 0.05) is 25.9 Å². The normalized spacial score (nSPS) is 21.3. The van der Waals surface area contributed by atoms with Crippen LogP contribution in [0.2, 0.25) is 0 Å². The standard InChI is InChI=1S/C10H13N3O2/c1-7(14)9-10(13-3-2-12-9)8-6-15-5-4-11-8/h2-3,8,11H,4-6H2,1H3. The maximum atomic E-state index is 11.3. The van der Waals surface area contributed by atoms with Crippen molar-refractivity contribution >= 4 is 5.78 Å². The van der Waals surface area contributed by atoms with E-state index in [2.05, 4.69) is 15.3 Å². The second-order valence-corrected chi connectivity index (χ2v) is 3.43. The van der Waals surface area contributed by atoms with Gasteiger partial charge in [0.1, 0.15) is 5.69 Å². The highest BCUT2D eigenvalue weighted by molar-refractivity contribution is 5.93. The molecule has 1 aliphatic heterocycles. The first-order chi connectivity index (χ1) is 7.29. The number of carbonyl (C=O) groups is 1. The SMILES string of the molecule is CC(=O)c1nccnc1C1COCCN1. The maximum Gasteiger partial charge on any atom is 0.180 e. The molecule has 2 heterocycles. The van der Waals surface area contributed by atoms with E-state index in [1.807, 2.05) is 0 Å². The smallest absolute Gasteiger partial charge is 0.180 e. The first-order valence-corrected chi connectivity index (χ1v) is 4.92. The largest absolute Gasteiger partial charge is 0.378 e. The van der Waals surface area contributed by atoms with Gasteiger partial charge in [0.05, 0.1) is 24.9 Å². The summed E-state index contributed by atoms with van der Waals surface area (Å²) < 4.78 is 5.33. The van der Waals surface area contributed by atoms with E-state index in [0.29, 0.717) is 24.6 Å². The Hall–Kier alpha value is -1.33. The van der Waals surface area contributed by atoms with Crippen LogP contribution in [0.1, 0.15) is 29.1 Å². The highest BCUT2D eigenvalue weighted by Gasteiger charge is 2.21. The molecule has 0 saturated carbocycles. The molecule has 0 amide bonds. The summed E-state index contributed by atoms with van der Waals surface area (Å²) >= 11 is 0. The number of carbonyl (C=O) groups excluding carboxylic acids is 1. The monoisotopic (exact) mass is 207 g/mol. The van der Waals surface area contributed by atoms with Crippen molar-refractivity contribution in [3.8, 4) is 0 Å². The van der Waals surface area contributed by atoms with Crippen LogP contribution in [0.25, 0.3) is 0 Å². The van der Waals surface area contributed by atoms with Gasteiger partial charge in [-0.05, 0) is 0 Å². The first-order valence-electron chi connectivity index (χ1n) is 4.92. The number of ether oxygens (including phenoxy) is 1. The highest BCUT2D eigenvalue weighted by Crippen LogP contribution is 2.16. The molecule has 1 fully saturated rings. The summed E-state index contributed by atoms with van der Waals surface area (Å²) in [5, 5.41) is 3.25. The molecule has 1 atom stereocenters. The molecule has 15 heavy (non-hydrogen) atoms. The quantitative estimate of drug-likeness (QED) is 0.708. The number of morpholine rings is 1. The Kier molecular flexibility index (Phi) is 3.03. The molecule has 1 saturated heterocycles. The molecule has 5 heteroatoms. The maximum absolute atomic E-state index is 11.3. The fourth-order valence-electron chi connectivity index (χ4n) is 1.62. The zero-order chi connectivity index (χ0) is 10.7. The van der Waals surface area contributed by atoms with Crippen molar-refractivity contribution in [2.75, 3.05) is 19.8 Å². The average molecular weight is 207 g/mol. The summed E-state index contributed by atoms with van der Waals surface area (Å²) in [6.45, 7) is 3.51. The molecule has 1 N–H and O–H groups in total. The fourth-order valence-corrected chi connectivity index (χ4v) is 1.62. The lowest BCUT2D eigenvalue weighted by Crippen LogP contribution is -2.36. The Morgan fingerprint density at radius 1 is 1.53 bits per heavy atom. The van der Waals surface area contributed by atoms with Gasteiger partial charge in [-0.2, -0.15) is 0 Å². The van der Waals surface area contributed by atoms with Gasteiger partial charge in [0.2, 0.25) is 0 Å². The number of ketones is 1. The predicted molar refractivity (Wildman–Crippen MR) is 53.6 cm³/mol. The number of hydrogen-bond donors (Lipinski definition) is 1. The fraction of sp³-hybridized carbons (Fsp3) is 0.500. The molecule has 5 nitrogen and oxygen atoms in total. The minimum absolute atomic E-state index is 0.0219. The van der Waals surface area contributed by atoms with E-state index in [4.69, 9.17) is 4.74 Å². The summed E-state index contributed by atoms with van der Waals surface area (Å²) in [4.78, 5) is 19.6. The van der Waals surface area contributed by atoms with Crippen LogP contribution < -0.4 is 5.32 Å². The second kappa shape index (κ2) is 4.46. The van der Waals surface area contributed by atoms with Crippen molar-refractivity contribution < 1.29 is 9.53 Å². The van der Waals surface area contributed by atoms with Gasteiger partial charge in [-0.25, -0.2) is 4.98 Å². The highest BCUT2D eigenvalue weighted by atomic mass is 16.5. The Morgan fingerprint density at radius 3 is 3.00 bits per heavy atom. The van der Waals surface area contributed by atoms with Crippen LogP contribution in [0.4, 0.5) is 0 Å². The van der Waals surface area contributed by atoms with Gasteiger partial charge in [-0.3, -0.25) is 9.78 Å². The van der Waals surface area contributed by atoms with Crippen molar-refractivity contribution in [1.29, 1.82) is 0 Å². The van der Waals surface area contributed by atoms with E-state index in [1.165, 1.54) is 13.1 Å². The second-order valence-electron chi connectivity index (χ2n) is 3.43. The van der Waals surface area contributed by atoms with Crippen LogP contribution in [0, 0.1) is 0 Å². The number of hydrogen-bond acceptors (Lipinski definition) is 5. The minimum Gasteiger partial charge on any atom is -0.378 e. The summed E-state index contributed by atoms with van der Waals surface area (Å²) in [6.07, 6.45) is 3.13. The van der Waals surface area contributed by atoms with Crippen LogP contribution in [0.3, 0.4) is 0 Å². The molecule has 2 rings (SSSR count). The van der Waals surface area contributed by atoms with E-state index in [0.717, 1.165) is 6.54 Å². The third kappa shape index (κ3) is 2.19. The van der Waals surface area contributed by atoms with E-state index >= 15 is 0 Å². The molecule has 0 spiro atoms. The van der Waals surface area contributed by atoms with Crippen molar-refractivity contribution in [2.45, 2.75) is 13.0 Å². The molecule has 1 aromatic rings. The zero-order valence-corrected chi connectivity index (χ0v) is 8.56. The Bertz CT molecular complexity index is 361. The van der Waals surface area contributed by atoms with Crippen molar-refractivity contribution in [1.82, 2.24) is 15.3 Å². The molecule has 0 aliphatic carbocycles. The number of nitrogens with one attached hydrogen (secondary N) is 1. The predicted octanol–water partition coefficient (Wildman–Crippen LogP) is 0.340. The van der Waals surface area contributed by atoms with Crippen molar-refractivity contribution in [3.05, 3.63) is 23.8 Å². The zero-order valence-electron chi connectivity index (χ0n) is 8.56. The Labute approximate surface area is 87.9 Å². The Balaban J connectivity index is 2.29. The average Bonchev–Trinajstić information content (AvgIpc) is 2.30. The van der Waals surface area contributed by atoms with Gasteiger partial charge in [-0.1, -0.05) is 0 Å². The number of Topliss-reactive ketones (excluding diaryl/α,β-unsaturated/α-hetero) is 1. The van der Waals surface area contributed by atoms with E-state index in [1.54, 1.807) is 6.20 Å². The molecular weight excluding hydrogens is 194 g/mol. The summed E-state index contributed by atoms with van der Waals surface area (Å²) in [7, 11) is 0. The van der Waals surface area contributed by atoms with Gasteiger partial charge in [-0.15, -0.1) is 0 Å². The molecule has 1 aliphatic rings. The third-order valence-corrected chi connectivity index (χ3v) is 2.31. The van der Waals surface area contributed by atoms with Crippen LogP contribution in [0.5, 0.6) is 0 Å². The Morgan fingerprint density at radius 2 is 2.33 bits per heavy atom. The molecule has 1 aromatic heterocycles. The van der Waals surface area contributed by atoms with Crippen molar-refractivity contribution in [2.24, 2.45) is 0 Å². The third-order valence-electron chi connectivity index (χ3n) is 2.31. The van der Waals surface area contributed by atoms with Gasteiger partial charge in [0.25, 0.3) is 0 Å². The molecular formula is C10H13N3O2. The van der Waals surface area contributed by atoms with Gasteiger partial charge in [0.15, 0.2) is 5.78 Å². The number of rotatable bonds is 2. The number of nitrogens with zero attached hydrogens (tertiary/aromatic N) is 2. The molecule has 0 radical (unpaired) electrons. The molecule has 80 valence electrons. The summed E-state index contributed by atoms with van der Waals surface area (Å²) in [6, 6.07) is -0.0219. The first kappa shape index (κ1) is 10.2. The van der Waals surface area contributed by atoms with Crippen molar-refractivity contribution in [3.63, 3.8) is 0 Å². The van der Waals surface area contributed by atoms with Crippen LogP contribution in [-0.2, 0) is 4.74 Å². The lowest BCUT2D eigenvalue weighted by molar-refractivity contribution is 0.0747. The molecule has 0 aromatic carbocycles. The lowest BCUT2D eigenvalue weighted by atomic mass is 10.1. The van der Waals surface area contributed by atoms with Crippen LogP contribution in [-0.4, -0.2) is 35.5 Å². The topological polar surface area (TPSA) is 64.1 Å². The molecule has 0 bridgehead atoms. The summed E-state index contributed by atoms with van der Waals surface area (Å²) in [5.74, 6) is -0.0644. The molecule has 1 unspecified atom stereocenters. The van der Waals surface area contributed by atoms with E-state index in [9.17, 15) is 4.79 Å². The van der Waals surface area contributed by atoms with Crippen LogP contribution in [0.15, 0.2) is 12.4 Å². The summed E-state index contributed by atoms with van der Waals surface area (Å²) in [5.41, 5.74) is 1.12. The minimum atomic E-state index is -0.0644. The number of aromatic nitrogens is 2. The van der Waals surface area contributed by atoms with Crippen LogP contribution >= 0.6 is 0 Å². The van der Waals surface area contributed by atoms with Gasteiger partial charge < -0.3 is 10.1 Å². The van der Waals surface area contributed by atoms with E-state index in [-0.39, 0.29) is 11.8 Å².